The van der Waals surface area contributed by atoms with Crippen molar-refractivity contribution < 1.29 is 23.1 Å². The number of aryl methyl sites for hydroxylation is 1. The molecule has 1 aromatic heterocycles. The van der Waals surface area contributed by atoms with Crippen molar-refractivity contribution in [2.75, 3.05) is 31.8 Å². The number of hydrogen-bond donors (Lipinski definition) is 3. The van der Waals surface area contributed by atoms with Crippen LogP contribution in [-0.4, -0.2) is 61.1 Å². The van der Waals surface area contributed by atoms with E-state index in [9.17, 15) is 18.3 Å². The summed E-state index contributed by atoms with van der Waals surface area (Å²) in [5.41, 5.74) is 4.79. The Kier molecular flexibility index (Phi) is 7.10. The van der Waals surface area contributed by atoms with E-state index >= 15 is 0 Å². The molecule has 2 atom stereocenters. The lowest BCUT2D eigenvalue weighted by Gasteiger charge is -2.40. The zero-order valence-electron chi connectivity index (χ0n) is 20.6. The Hall–Kier alpha value is -3.04. The van der Waals surface area contributed by atoms with Crippen LogP contribution in [-0.2, 0) is 16.4 Å². The Bertz CT molecular complexity index is 1350. The number of benzene rings is 2. The number of aromatic amines is 1. The first-order chi connectivity index (χ1) is 16.7. The van der Waals surface area contributed by atoms with Crippen LogP contribution in [0, 0.1) is 6.92 Å². The molecular formula is C26H33N3O5S. The van der Waals surface area contributed by atoms with Crippen LogP contribution in [0.25, 0.3) is 10.9 Å². The number of hydrogen-bond acceptors (Lipinski definition) is 6. The van der Waals surface area contributed by atoms with Gasteiger partial charge in [0.2, 0.25) is 0 Å². The molecule has 0 bridgehead atoms. The number of methoxy groups -OCH3 is 1. The number of H-pyrrole nitrogens is 1. The molecular weight excluding hydrogens is 466 g/mol. The number of carboxylic acid groups (broad SMARTS) is 1. The van der Waals surface area contributed by atoms with E-state index in [4.69, 9.17) is 4.74 Å². The molecule has 1 saturated heterocycles. The van der Waals surface area contributed by atoms with Gasteiger partial charge < -0.3 is 20.1 Å². The lowest BCUT2D eigenvalue weighted by atomic mass is 9.92. The van der Waals surface area contributed by atoms with Crippen molar-refractivity contribution in [3.63, 3.8) is 0 Å². The van der Waals surface area contributed by atoms with Crippen molar-refractivity contribution in [1.29, 1.82) is 0 Å². The summed E-state index contributed by atoms with van der Waals surface area (Å²) in [5.74, 6) is -0.0966. The van der Waals surface area contributed by atoms with Crippen LogP contribution in [0.5, 0.6) is 5.75 Å². The molecule has 8 nitrogen and oxygen atoms in total. The summed E-state index contributed by atoms with van der Waals surface area (Å²) >= 11 is 0. The van der Waals surface area contributed by atoms with E-state index in [1.807, 2.05) is 31.3 Å². The fourth-order valence-electron chi connectivity index (χ4n) is 5.23. The minimum absolute atomic E-state index is 0.111. The first kappa shape index (κ1) is 25.1. The summed E-state index contributed by atoms with van der Waals surface area (Å²) in [7, 11) is 0.148. The minimum atomic E-state index is -3.21. The Morgan fingerprint density at radius 3 is 2.71 bits per heavy atom. The Labute approximate surface area is 206 Å². The average Bonchev–Trinajstić information content (AvgIpc) is 3.36. The molecule has 3 aromatic rings. The van der Waals surface area contributed by atoms with Gasteiger partial charge in [0.05, 0.1) is 17.9 Å². The third-order valence-electron chi connectivity index (χ3n) is 7.20. The number of ether oxygens (including phenoxy) is 1. The molecule has 4 rings (SSSR count). The van der Waals surface area contributed by atoms with Gasteiger partial charge >= 0.3 is 5.97 Å². The van der Waals surface area contributed by atoms with E-state index in [0.29, 0.717) is 31.6 Å². The SMILES string of the molecule is CCS(=O)(=O)C1CCN(Cc2c(OC)cc(C)c3[nH]ccc23)[C@@H](c2ccc(C(=O)O)c(NC)c2)C1. The molecule has 3 N–H and O–H groups in total. The highest BCUT2D eigenvalue weighted by atomic mass is 32.2. The zero-order valence-corrected chi connectivity index (χ0v) is 21.4. The molecule has 1 fully saturated rings. The van der Waals surface area contributed by atoms with Gasteiger partial charge in [-0.25, -0.2) is 13.2 Å². The van der Waals surface area contributed by atoms with E-state index in [-0.39, 0.29) is 17.4 Å². The molecule has 2 heterocycles. The summed E-state index contributed by atoms with van der Waals surface area (Å²) in [4.78, 5) is 17.2. The van der Waals surface area contributed by atoms with Crippen molar-refractivity contribution in [1.82, 2.24) is 9.88 Å². The van der Waals surface area contributed by atoms with Crippen LogP contribution < -0.4 is 10.1 Å². The maximum absolute atomic E-state index is 12.8. The van der Waals surface area contributed by atoms with E-state index in [2.05, 4.69) is 15.2 Å². The number of fused-ring (bicyclic) bond motifs is 1. The van der Waals surface area contributed by atoms with Crippen LogP contribution in [0.2, 0.25) is 0 Å². The molecule has 188 valence electrons. The van der Waals surface area contributed by atoms with Gasteiger partial charge in [-0.1, -0.05) is 13.0 Å². The minimum Gasteiger partial charge on any atom is -0.496 e. The number of nitrogens with one attached hydrogen (secondary N) is 2. The fraction of sp³-hybridized carbons (Fsp3) is 0.423. The number of nitrogens with zero attached hydrogens (tertiary/aromatic N) is 1. The number of aromatic carboxylic acids is 1. The van der Waals surface area contributed by atoms with E-state index in [1.165, 1.54) is 0 Å². The Balaban J connectivity index is 1.78. The lowest BCUT2D eigenvalue weighted by molar-refractivity contribution is 0.0698. The highest BCUT2D eigenvalue weighted by molar-refractivity contribution is 7.92. The zero-order chi connectivity index (χ0) is 25.3. The monoisotopic (exact) mass is 499 g/mol. The van der Waals surface area contributed by atoms with Crippen molar-refractivity contribution in [3.8, 4) is 5.75 Å². The van der Waals surface area contributed by atoms with Crippen molar-refractivity contribution in [2.24, 2.45) is 0 Å². The van der Waals surface area contributed by atoms with Gasteiger partial charge in [0.25, 0.3) is 0 Å². The predicted octanol–water partition coefficient (Wildman–Crippen LogP) is 4.37. The number of aromatic nitrogens is 1. The van der Waals surface area contributed by atoms with Gasteiger partial charge in [0.15, 0.2) is 9.84 Å². The summed E-state index contributed by atoms with van der Waals surface area (Å²) < 4.78 is 31.4. The standard InChI is InChI=1S/C26H33N3O5S/c1-5-35(32,33)18-9-11-29(15-21-19-8-10-28-25(19)16(2)12-24(21)34-4)23(14-18)17-6-7-20(26(30)31)22(13-17)27-3/h6-8,10,12-13,18,23,27-28H,5,9,11,14-15H2,1-4H3,(H,30,31)/t18?,23-/m1/s1. The molecule has 1 unspecified atom stereocenters. The number of carboxylic acids is 1. The van der Waals surface area contributed by atoms with Gasteiger partial charge in [0.1, 0.15) is 5.75 Å². The molecule has 35 heavy (non-hydrogen) atoms. The number of rotatable bonds is 8. The van der Waals surface area contributed by atoms with Crippen LogP contribution in [0.4, 0.5) is 5.69 Å². The smallest absolute Gasteiger partial charge is 0.337 e. The summed E-state index contributed by atoms with van der Waals surface area (Å²) in [6, 6.07) is 9.12. The molecule has 1 aliphatic heterocycles. The number of piperidine rings is 1. The largest absolute Gasteiger partial charge is 0.496 e. The molecule has 0 saturated carbocycles. The second-order valence-corrected chi connectivity index (χ2v) is 11.7. The summed E-state index contributed by atoms with van der Waals surface area (Å²) in [5, 5.41) is 13.2. The molecule has 2 aromatic carbocycles. The average molecular weight is 500 g/mol. The third-order valence-corrected chi connectivity index (χ3v) is 9.44. The van der Waals surface area contributed by atoms with Gasteiger partial charge in [-0.2, -0.15) is 0 Å². The fourth-order valence-corrected chi connectivity index (χ4v) is 6.64. The van der Waals surface area contributed by atoms with Crippen LogP contribution in [0.3, 0.4) is 0 Å². The first-order valence-electron chi connectivity index (χ1n) is 11.8. The Morgan fingerprint density at radius 1 is 1.29 bits per heavy atom. The molecule has 0 aliphatic carbocycles. The summed E-state index contributed by atoms with van der Waals surface area (Å²) in [6.07, 6.45) is 2.93. The number of sulfone groups is 1. The molecule has 0 radical (unpaired) electrons. The van der Waals surface area contributed by atoms with E-state index < -0.39 is 21.1 Å². The first-order valence-corrected chi connectivity index (χ1v) is 13.6. The Morgan fingerprint density at radius 2 is 2.06 bits per heavy atom. The van der Waals surface area contributed by atoms with Gasteiger partial charge in [0, 0.05) is 60.3 Å². The number of anilines is 1. The molecule has 0 amide bonds. The third kappa shape index (κ3) is 4.75. The van der Waals surface area contributed by atoms with Crippen LogP contribution in [0.15, 0.2) is 36.5 Å². The number of likely N-dealkylation sites (tertiary alicyclic amines) is 1. The van der Waals surface area contributed by atoms with E-state index in [1.54, 1.807) is 33.2 Å². The van der Waals surface area contributed by atoms with Gasteiger partial charge in [-0.05, 0) is 55.2 Å². The maximum atomic E-state index is 12.8. The molecule has 1 aliphatic rings. The maximum Gasteiger partial charge on any atom is 0.337 e. The van der Waals surface area contributed by atoms with Crippen molar-refractivity contribution >= 4 is 32.4 Å². The highest BCUT2D eigenvalue weighted by Gasteiger charge is 2.36. The summed E-state index contributed by atoms with van der Waals surface area (Å²) in [6.45, 7) is 4.92. The lowest BCUT2D eigenvalue weighted by Crippen LogP contribution is -2.41. The van der Waals surface area contributed by atoms with E-state index in [0.717, 1.165) is 33.3 Å². The quantitative estimate of drug-likeness (QED) is 0.422. The van der Waals surface area contributed by atoms with Gasteiger partial charge in [-0.15, -0.1) is 0 Å². The highest BCUT2D eigenvalue weighted by Crippen LogP contribution is 2.39. The van der Waals surface area contributed by atoms with Crippen LogP contribution in [0.1, 0.15) is 52.9 Å². The topological polar surface area (TPSA) is 112 Å². The van der Waals surface area contributed by atoms with Crippen LogP contribution >= 0.6 is 0 Å². The van der Waals surface area contributed by atoms with Crippen molar-refractivity contribution in [3.05, 3.63) is 58.8 Å². The predicted molar refractivity (Wildman–Crippen MR) is 138 cm³/mol. The molecule has 0 spiro atoms. The van der Waals surface area contributed by atoms with Crippen molar-refractivity contribution in [2.45, 2.75) is 44.5 Å². The normalized spacial score (nSPS) is 19.1. The van der Waals surface area contributed by atoms with Gasteiger partial charge in [-0.3, -0.25) is 4.90 Å². The second kappa shape index (κ2) is 9.91. The second-order valence-electron chi connectivity index (χ2n) is 9.08. The molecule has 9 heteroatoms. The number of carbonyl (C=O) groups is 1.